The van der Waals surface area contributed by atoms with E-state index in [0.717, 1.165) is 56.1 Å². The Kier molecular flexibility index (Phi) is 6.15. The van der Waals surface area contributed by atoms with Crippen LogP contribution in [0.25, 0.3) is 0 Å². The number of anilines is 1. The Balaban J connectivity index is 1.53. The molecule has 0 saturated carbocycles. The molecule has 6 nitrogen and oxygen atoms in total. The summed E-state index contributed by atoms with van der Waals surface area (Å²) in [5.41, 5.74) is 2.12. The summed E-state index contributed by atoms with van der Waals surface area (Å²) in [6, 6.07) is 8.02. The molecule has 1 fully saturated rings. The summed E-state index contributed by atoms with van der Waals surface area (Å²) < 4.78 is 0. The fraction of sp³-hybridized carbons (Fsp3) is 0.500. The molecule has 3 heterocycles. The maximum absolute atomic E-state index is 12.5. The maximum Gasteiger partial charge on any atom is 0.222 e. The van der Waals surface area contributed by atoms with Crippen LogP contribution in [-0.4, -0.2) is 52.2 Å². The van der Waals surface area contributed by atoms with Crippen LogP contribution in [0.5, 0.6) is 0 Å². The number of carbonyl (C=O) groups is 1. The van der Waals surface area contributed by atoms with Gasteiger partial charge in [-0.25, -0.2) is 0 Å². The molecule has 1 amide bonds. The van der Waals surface area contributed by atoms with Crippen LogP contribution in [0.4, 0.5) is 5.82 Å². The lowest BCUT2D eigenvalue weighted by atomic mass is 10.1. The normalized spacial score (nSPS) is 15.2. The van der Waals surface area contributed by atoms with Gasteiger partial charge < -0.3 is 9.80 Å². The van der Waals surface area contributed by atoms with Gasteiger partial charge in [0.05, 0.1) is 5.69 Å². The Morgan fingerprint density at radius 2 is 2.00 bits per heavy atom. The van der Waals surface area contributed by atoms with Crippen molar-refractivity contribution in [2.24, 2.45) is 0 Å². The van der Waals surface area contributed by atoms with E-state index < -0.39 is 0 Å². The van der Waals surface area contributed by atoms with E-state index in [9.17, 15) is 4.79 Å². The first-order chi connectivity index (χ1) is 12.6. The van der Waals surface area contributed by atoms with Crippen LogP contribution < -0.4 is 4.90 Å². The third-order valence-electron chi connectivity index (χ3n) is 4.79. The molecule has 0 radical (unpaired) electrons. The van der Waals surface area contributed by atoms with E-state index in [1.54, 1.807) is 6.20 Å². The number of pyridine rings is 1. The molecule has 138 valence electrons. The van der Waals surface area contributed by atoms with Crippen molar-refractivity contribution < 1.29 is 4.79 Å². The minimum absolute atomic E-state index is 0.219. The van der Waals surface area contributed by atoms with Gasteiger partial charge in [-0.05, 0) is 42.5 Å². The molecular weight excluding hydrogens is 326 g/mol. The van der Waals surface area contributed by atoms with Gasteiger partial charge in [0.25, 0.3) is 0 Å². The van der Waals surface area contributed by atoms with Gasteiger partial charge in [0.1, 0.15) is 0 Å². The van der Waals surface area contributed by atoms with E-state index in [2.05, 4.69) is 40.0 Å². The van der Waals surface area contributed by atoms with Crippen LogP contribution in [0.15, 0.2) is 36.7 Å². The molecule has 0 bridgehead atoms. The molecule has 0 spiro atoms. The SMILES string of the molecule is CC(C)c1ccc(N2CCCN(C(=O)CCc3cccnc3)CC2)nn1. The molecule has 0 unspecified atom stereocenters. The Morgan fingerprint density at radius 1 is 1.12 bits per heavy atom. The van der Waals surface area contributed by atoms with Crippen molar-refractivity contribution >= 4 is 11.7 Å². The van der Waals surface area contributed by atoms with Gasteiger partial charge in [0.2, 0.25) is 5.91 Å². The van der Waals surface area contributed by atoms with Crippen molar-refractivity contribution in [2.75, 3.05) is 31.1 Å². The first-order valence-electron chi connectivity index (χ1n) is 9.39. The van der Waals surface area contributed by atoms with Crippen LogP contribution >= 0.6 is 0 Å². The number of rotatable bonds is 5. The zero-order chi connectivity index (χ0) is 18.4. The van der Waals surface area contributed by atoms with Crippen LogP contribution in [-0.2, 0) is 11.2 Å². The highest BCUT2D eigenvalue weighted by atomic mass is 16.2. The first kappa shape index (κ1) is 18.3. The monoisotopic (exact) mass is 353 g/mol. The number of hydrogen-bond donors (Lipinski definition) is 0. The van der Waals surface area contributed by atoms with Gasteiger partial charge in [-0.15, -0.1) is 5.10 Å². The molecular formula is C20H27N5O. The van der Waals surface area contributed by atoms with E-state index in [1.807, 2.05) is 29.3 Å². The molecule has 2 aromatic rings. The average Bonchev–Trinajstić information content (AvgIpc) is 2.93. The van der Waals surface area contributed by atoms with E-state index in [0.29, 0.717) is 12.3 Å². The fourth-order valence-corrected chi connectivity index (χ4v) is 3.16. The number of carbonyl (C=O) groups excluding carboxylic acids is 1. The van der Waals surface area contributed by atoms with Crippen molar-refractivity contribution in [1.82, 2.24) is 20.1 Å². The van der Waals surface area contributed by atoms with Crippen LogP contribution in [0.2, 0.25) is 0 Å². The zero-order valence-electron chi connectivity index (χ0n) is 15.6. The zero-order valence-corrected chi connectivity index (χ0v) is 15.6. The van der Waals surface area contributed by atoms with Gasteiger partial charge in [-0.3, -0.25) is 9.78 Å². The highest BCUT2D eigenvalue weighted by Crippen LogP contribution is 2.17. The van der Waals surface area contributed by atoms with Crippen molar-refractivity contribution in [1.29, 1.82) is 0 Å². The second kappa shape index (κ2) is 8.74. The molecule has 2 aromatic heterocycles. The standard InChI is InChI=1S/C20H27N5O/c1-16(2)18-7-8-19(23-22-18)24-11-4-12-25(14-13-24)20(26)9-6-17-5-3-10-21-15-17/h3,5,7-8,10,15-16H,4,6,9,11-14H2,1-2H3. The van der Waals surface area contributed by atoms with Crippen LogP contribution in [0.1, 0.15) is 43.9 Å². The molecule has 6 heteroatoms. The van der Waals surface area contributed by atoms with Gasteiger partial charge in [-0.2, -0.15) is 5.10 Å². The summed E-state index contributed by atoms with van der Waals surface area (Å²) in [5.74, 6) is 1.50. The van der Waals surface area contributed by atoms with Gasteiger partial charge in [-0.1, -0.05) is 19.9 Å². The molecule has 1 saturated heterocycles. The Hall–Kier alpha value is -2.50. The van der Waals surface area contributed by atoms with Crippen molar-refractivity contribution in [2.45, 2.75) is 39.0 Å². The number of aryl methyl sites for hydroxylation is 1. The third-order valence-corrected chi connectivity index (χ3v) is 4.79. The lowest BCUT2D eigenvalue weighted by molar-refractivity contribution is -0.130. The average molecular weight is 353 g/mol. The Morgan fingerprint density at radius 3 is 2.69 bits per heavy atom. The van der Waals surface area contributed by atoms with Crippen LogP contribution in [0.3, 0.4) is 0 Å². The molecule has 0 aromatic carbocycles. The molecule has 3 rings (SSSR count). The predicted molar refractivity (Wildman–Crippen MR) is 102 cm³/mol. The number of aromatic nitrogens is 3. The lowest BCUT2D eigenvalue weighted by Crippen LogP contribution is -2.35. The minimum atomic E-state index is 0.219. The number of hydrogen-bond acceptors (Lipinski definition) is 5. The van der Waals surface area contributed by atoms with Crippen molar-refractivity contribution in [3.8, 4) is 0 Å². The van der Waals surface area contributed by atoms with Crippen molar-refractivity contribution in [3.05, 3.63) is 47.9 Å². The number of amides is 1. The second-order valence-electron chi connectivity index (χ2n) is 7.05. The molecule has 0 N–H and O–H groups in total. The summed E-state index contributed by atoms with van der Waals surface area (Å²) in [4.78, 5) is 20.9. The summed E-state index contributed by atoms with van der Waals surface area (Å²) >= 11 is 0. The quantitative estimate of drug-likeness (QED) is 0.827. The second-order valence-corrected chi connectivity index (χ2v) is 7.05. The fourth-order valence-electron chi connectivity index (χ4n) is 3.16. The van der Waals surface area contributed by atoms with E-state index >= 15 is 0 Å². The minimum Gasteiger partial charge on any atom is -0.353 e. The Labute approximate surface area is 155 Å². The summed E-state index contributed by atoms with van der Waals surface area (Å²) in [5, 5.41) is 8.70. The van der Waals surface area contributed by atoms with E-state index in [4.69, 9.17) is 0 Å². The largest absolute Gasteiger partial charge is 0.353 e. The van der Waals surface area contributed by atoms with Gasteiger partial charge >= 0.3 is 0 Å². The molecule has 0 atom stereocenters. The molecule has 1 aliphatic rings. The maximum atomic E-state index is 12.5. The highest BCUT2D eigenvalue weighted by Gasteiger charge is 2.20. The van der Waals surface area contributed by atoms with Gasteiger partial charge in [0.15, 0.2) is 5.82 Å². The van der Waals surface area contributed by atoms with E-state index in [-0.39, 0.29) is 5.91 Å². The summed E-state index contributed by atoms with van der Waals surface area (Å²) in [6.45, 7) is 7.48. The smallest absolute Gasteiger partial charge is 0.222 e. The Bertz CT molecular complexity index is 702. The highest BCUT2D eigenvalue weighted by molar-refractivity contribution is 5.76. The lowest BCUT2D eigenvalue weighted by Gasteiger charge is -2.22. The molecule has 0 aliphatic carbocycles. The molecule has 1 aliphatic heterocycles. The van der Waals surface area contributed by atoms with Gasteiger partial charge in [0, 0.05) is 45.0 Å². The summed E-state index contributed by atoms with van der Waals surface area (Å²) in [6.07, 6.45) is 5.82. The predicted octanol–water partition coefficient (Wildman–Crippen LogP) is 2.67. The number of nitrogens with zero attached hydrogens (tertiary/aromatic N) is 5. The molecule has 26 heavy (non-hydrogen) atoms. The third kappa shape index (κ3) is 4.77. The van der Waals surface area contributed by atoms with E-state index in [1.165, 1.54) is 0 Å². The van der Waals surface area contributed by atoms with Crippen molar-refractivity contribution in [3.63, 3.8) is 0 Å². The van der Waals surface area contributed by atoms with Crippen LogP contribution in [0, 0.1) is 0 Å². The first-order valence-corrected chi connectivity index (χ1v) is 9.39. The topological polar surface area (TPSA) is 62.2 Å². The summed E-state index contributed by atoms with van der Waals surface area (Å²) in [7, 11) is 0.